The van der Waals surface area contributed by atoms with E-state index in [2.05, 4.69) is 39.4 Å². The maximum absolute atomic E-state index is 11.8. The van der Waals surface area contributed by atoms with E-state index in [1.807, 2.05) is 31.2 Å². The van der Waals surface area contributed by atoms with Crippen LogP contribution in [0.3, 0.4) is 0 Å². The number of halogens is 1. The highest BCUT2D eigenvalue weighted by Crippen LogP contribution is 2.30. The van der Waals surface area contributed by atoms with Crippen molar-refractivity contribution in [1.29, 1.82) is 0 Å². The van der Waals surface area contributed by atoms with Crippen molar-refractivity contribution in [3.05, 3.63) is 33.4 Å². The van der Waals surface area contributed by atoms with Crippen molar-refractivity contribution >= 4 is 28.6 Å². The normalized spacial score (nSPS) is 21.0. The van der Waals surface area contributed by atoms with Crippen LogP contribution in [0.2, 0.25) is 0 Å². The first kappa shape index (κ1) is 14.7. The Morgan fingerprint density at radius 2 is 1.74 bits per heavy atom. The Hall–Kier alpha value is -0.660. The zero-order valence-corrected chi connectivity index (χ0v) is 13.4. The number of hydrogen-bond acceptors (Lipinski definition) is 3. The SMILES string of the molecule is CN1CCN(C(C)(C(=O)O)c2ccc(I)cc2)CC1. The lowest BCUT2D eigenvalue weighted by Gasteiger charge is -2.42. The summed E-state index contributed by atoms with van der Waals surface area (Å²) in [5, 5.41) is 9.72. The van der Waals surface area contributed by atoms with Gasteiger partial charge in [-0.15, -0.1) is 0 Å². The molecule has 1 fully saturated rings. The van der Waals surface area contributed by atoms with Crippen molar-refractivity contribution in [2.45, 2.75) is 12.5 Å². The summed E-state index contributed by atoms with van der Waals surface area (Å²) in [4.78, 5) is 16.1. The topological polar surface area (TPSA) is 43.8 Å². The number of likely N-dealkylation sites (N-methyl/N-ethyl adjacent to an activating group) is 1. The van der Waals surface area contributed by atoms with Crippen molar-refractivity contribution in [2.24, 2.45) is 0 Å². The summed E-state index contributed by atoms with van der Waals surface area (Å²) in [6, 6.07) is 7.78. The van der Waals surface area contributed by atoms with E-state index in [0.717, 1.165) is 35.3 Å². The van der Waals surface area contributed by atoms with Crippen LogP contribution < -0.4 is 0 Å². The molecule has 19 heavy (non-hydrogen) atoms. The Morgan fingerprint density at radius 1 is 1.21 bits per heavy atom. The fourth-order valence-electron chi connectivity index (χ4n) is 2.47. The molecular weight excluding hydrogens is 355 g/mol. The molecule has 5 heteroatoms. The van der Waals surface area contributed by atoms with Crippen molar-refractivity contribution < 1.29 is 9.90 Å². The molecule has 0 radical (unpaired) electrons. The lowest BCUT2D eigenvalue weighted by atomic mass is 9.89. The fourth-order valence-corrected chi connectivity index (χ4v) is 2.83. The second kappa shape index (κ2) is 5.76. The van der Waals surface area contributed by atoms with E-state index in [1.54, 1.807) is 0 Å². The molecule has 2 rings (SSSR count). The van der Waals surface area contributed by atoms with Crippen LogP contribution in [-0.4, -0.2) is 54.1 Å². The summed E-state index contributed by atoms with van der Waals surface area (Å²) in [6.45, 7) is 5.19. The molecule has 4 nitrogen and oxygen atoms in total. The van der Waals surface area contributed by atoms with Crippen LogP contribution in [-0.2, 0) is 10.3 Å². The average Bonchev–Trinajstić information content (AvgIpc) is 2.39. The molecule has 1 unspecified atom stereocenters. The van der Waals surface area contributed by atoms with E-state index in [1.165, 1.54) is 0 Å². The van der Waals surface area contributed by atoms with Crippen LogP contribution in [0.5, 0.6) is 0 Å². The molecule has 104 valence electrons. The molecule has 1 aromatic rings. The molecule has 0 saturated carbocycles. The number of aliphatic carboxylic acids is 1. The summed E-state index contributed by atoms with van der Waals surface area (Å²) >= 11 is 2.23. The van der Waals surface area contributed by atoms with E-state index >= 15 is 0 Å². The molecular formula is C14H19IN2O2. The van der Waals surface area contributed by atoms with Gasteiger partial charge in [-0.2, -0.15) is 0 Å². The van der Waals surface area contributed by atoms with E-state index in [-0.39, 0.29) is 0 Å². The number of carboxylic acids is 1. The summed E-state index contributed by atoms with van der Waals surface area (Å²) in [6.07, 6.45) is 0. The Labute approximate surface area is 127 Å². The van der Waals surface area contributed by atoms with Gasteiger partial charge in [-0.25, -0.2) is 4.79 Å². The van der Waals surface area contributed by atoms with E-state index in [0.29, 0.717) is 0 Å². The van der Waals surface area contributed by atoms with Crippen LogP contribution in [0.1, 0.15) is 12.5 Å². The number of piperazine rings is 1. The third-order valence-electron chi connectivity index (χ3n) is 3.96. The molecule has 0 aliphatic carbocycles. The molecule has 0 spiro atoms. The molecule has 1 aliphatic heterocycles. The Morgan fingerprint density at radius 3 is 2.21 bits per heavy atom. The largest absolute Gasteiger partial charge is 0.480 e. The third kappa shape index (κ3) is 2.93. The molecule has 1 N–H and O–H groups in total. The van der Waals surface area contributed by atoms with Crippen LogP contribution in [0, 0.1) is 3.57 Å². The zero-order valence-electron chi connectivity index (χ0n) is 11.3. The minimum absolute atomic E-state index is 0.779. The standard InChI is InChI=1S/C14H19IN2O2/c1-14(13(18)19,11-3-5-12(15)6-4-11)17-9-7-16(2)8-10-17/h3-6H,7-10H2,1-2H3,(H,18,19). The highest BCUT2D eigenvalue weighted by Gasteiger charge is 2.42. The highest BCUT2D eigenvalue weighted by molar-refractivity contribution is 14.1. The molecule has 1 aliphatic rings. The van der Waals surface area contributed by atoms with Gasteiger partial charge >= 0.3 is 5.97 Å². The number of carbonyl (C=O) groups is 1. The van der Waals surface area contributed by atoms with Crippen LogP contribution in [0.4, 0.5) is 0 Å². The van der Waals surface area contributed by atoms with Crippen molar-refractivity contribution in [2.75, 3.05) is 33.2 Å². The van der Waals surface area contributed by atoms with Gasteiger partial charge in [-0.05, 0) is 54.3 Å². The van der Waals surface area contributed by atoms with Gasteiger partial charge in [0.15, 0.2) is 0 Å². The molecule has 0 amide bonds. The monoisotopic (exact) mass is 374 g/mol. The van der Waals surface area contributed by atoms with Crippen molar-refractivity contribution in [3.8, 4) is 0 Å². The maximum Gasteiger partial charge on any atom is 0.328 e. The molecule has 1 atom stereocenters. The predicted molar refractivity (Wildman–Crippen MR) is 83.2 cm³/mol. The van der Waals surface area contributed by atoms with Gasteiger partial charge in [0.2, 0.25) is 0 Å². The average molecular weight is 374 g/mol. The second-order valence-electron chi connectivity index (χ2n) is 5.17. The lowest BCUT2D eigenvalue weighted by molar-refractivity contribution is -0.152. The van der Waals surface area contributed by atoms with Gasteiger partial charge < -0.3 is 10.0 Å². The van der Waals surface area contributed by atoms with Crippen molar-refractivity contribution in [1.82, 2.24) is 9.80 Å². The van der Waals surface area contributed by atoms with Gasteiger partial charge in [-0.1, -0.05) is 12.1 Å². The molecule has 0 aromatic heterocycles. The van der Waals surface area contributed by atoms with Gasteiger partial charge in [0.25, 0.3) is 0 Å². The molecule has 1 saturated heterocycles. The summed E-state index contributed by atoms with van der Waals surface area (Å²) in [5.74, 6) is -0.779. The van der Waals surface area contributed by atoms with Gasteiger partial charge in [0.1, 0.15) is 5.54 Å². The fraction of sp³-hybridized carbons (Fsp3) is 0.500. The summed E-state index contributed by atoms with van der Waals surface area (Å²) < 4.78 is 1.12. The van der Waals surface area contributed by atoms with Gasteiger partial charge in [-0.3, -0.25) is 4.90 Å². The first-order valence-electron chi connectivity index (χ1n) is 6.37. The third-order valence-corrected chi connectivity index (χ3v) is 4.68. The summed E-state index contributed by atoms with van der Waals surface area (Å²) in [7, 11) is 2.07. The van der Waals surface area contributed by atoms with Crippen LogP contribution >= 0.6 is 22.6 Å². The number of rotatable bonds is 3. The molecule has 1 heterocycles. The number of hydrogen-bond donors (Lipinski definition) is 1. The zero-order chi connectivity index (χ0) is 14.0. The first-order valence-corrected chi connectivity index (χ1v) is 7.45. The van der Waals surface area contributed by atoms with Crippen LogP contribution in [0.25, 0.3) is 0 Å². The summed E-state index contributed by atoms with van der Waals surface area (Å²) in [5.41, 5.74) is -0.0871. The van der Waals surface area contributed by atoms with E-state index < -0.39 is 11.5 Å². The van der Waals surface area contributed by atoms with Crippen LogP contribution in [0.15, 0.2) is 24.3 Å². The number of benzene rings is 1. The predicted octanol–water partition coefficient (Wildman–Crippen LogP) is 1.84. The van der Waals surface area contributed by atoms with Gasteiger partial charge in [0.05, 0.1) is 0 Å². The molecule has 0 bridgehead atoms. The minimum Gasteiger partial charge on any atom is -0.480 e. The lowest BCUT2D eigenvalue weighted by Crippen LogP contribution is -2.56. The Balaban J connectivity index is 2.32. The molecule has 1 aromatic carbocycles. The second-order valence-corrected chi connectivity index (χ2v) is 6.42. The Bertz CT molecular complexity index is 455. The minimum atomic E-state index is -0.939. The first-order chi connectivity index (χ1) is 8.94. The van der Waals surface area contributed by atoms with Gasteiger partial charge in [0, 0.05) is 29.7 Å². The van der Waals surface area contributed by atoms with E-state index in [9.17, 15) is 9.90 Å². The quantitative estimate of drug-likeness (QED) is 0.821. The number of carboxylic acid groups (broad SMARTS) is 1. The van der Waals surface area contributed by atoms with E-state index in [4.69, 9.17) is 0 Å². The smallest absolute Gasteiger partial charge is 0.328 e. The highest BCUT2D eigenvalue weighted by atomic mass is 127. The number of nitrogens with zero attached hydrogens (tertiary/aromatic N) is 2. The Kier molecular flexibility index (Phi) is 4.47. The maximum atomic E-state index is 11.8. The van der Waals surface area contributed by atoms with Crippen molar-refractivity contribution in [3.63, 3.8) is 0 Å².